The number of fused-ring (bicyclic) bond motifs is 2. The van der Waals surface area contributed by atoms with Gasteiger partial charge in [0.05, 0.1) is 34.4 Å². The Balaban J connectivity index is 0.000000178. The second kappa shape index (κ2) is 24.6. The van der Waals surface area contributed by atoms with Crippen LogP contribution < -0.4 is 14.4 Å². The molecule has 0 radical (unpaired) electrons. The van der Waals surface area contributed by atoms with Crippen LogP contribution in [0.25, 0.3) is 12.2 Å². The first-order valence-corrected chi connectivity index (χ1v) is 22.7. The van der Waals surface area contributed by atoms with Crippen LogP contribution in [0.1, 0.15) is 87.9 Å². The van der Waals surface area contributed by atoms with Gasteiger partial charge in [-0.2, -0.15) is 0 Å². The van der Waals surface area contributed by atoms with Crippen LogP contribution in [0.4, 0.5) is 10.1 Å². The fraction of sp³-hybridized carbons (Fsp3) is 0.373. The molecule has 2 aliphatic carbocycles. The number of anilines is 1. The van der Waals surface area contributed by atoms with E-state index in [2.05, 4.69) is 14.7 Å². The Kier molecular flexibility index (Phi) is 18.5. The average Bonchev–Trinajstić information content (AvgIpc) is 3.29. The van der Waals surface area contributed by atoms with Gasteiger partial charge in [-0.25, -0.2) is 4.39 Å². The normalized spacial score (nSPS) is 15.9. The van der Waals surface area contributed by atoms with E-state index in [-0.39, 0.29) is 22.2 Å². The van der Waals surface area contributed by atoms with Crippen molar-refractivity contribution < 1.29 is 33.0 Å². The lowest BCUT2D eigenvalue weighted by Gasteiger charge is -2.36. The predicted molar refractivity (Wildman–Crippen MR) is 250 cm³/mol. The van der Waals surface area contributed by atoms with Crippen LogP contribution in [-0.2, 0) is 22.4 Å². The average molecular weight is 897 g/mol. The summed E-state index contributed by atoms with van der Waals surface area (Å²) in [6.45, 7) is 9.93. The summed E-state index contributed by atoms with van der Waals surface area (Å²) in [4.78, 5) is 51.8. The summed E-state index contributed by atoms with van der Waals surface area (Å²) in [5, 5.41) is 0.659. The van der Waals surface area contributed by atoms with Crippen molar-refractivity contribution >= 4 is 65.2 Å². The minimum Gasteiger partial charge on any atom is -0.494 e. The fourth-order valence-corrected chi connectivity index (χ4v) is 8.45. The van der Waals surface area contributed by atoms with Crippen LogP contribution in [0.5, 0.6) is 11.5 Å². The lowest BCUT2D eigenvalue weighted by atomic mass is 9.96. The van der Waals surface area contributed by atoms with Crippen LogP contribution in [0, 0.1) is 5.82 Å². The maximum atomic E-state index is 12.5. The molecule has 0 aromatic heterocycles. The van der Waals surface area contributed by atoms with E-state index in [9.17, 15) is 23.6 Å². The number of hydrogen-bond acceptors (Lipinski definition) is 9. The Morgan fingerprint density at radius 2 is 1.08 bits per heavy atom. The van der Waals surface area contributed by atoms with Gasteiger partial charge in [0.15, 0.2) is 24.1 Å². The number of ether oxygens (including phenoxy) is 2. The molecule has 63 heavy (non-hydrogen) atoms. The van der Waals surface area contributed by atoms with Crippen LogP contribution in [-0.4, -0.2) is 99.5 Å². The van der Waals surface area contributed by atoms with Crippen molar-refractivity contribution in [1.82, 2.24) is 9.80 Å². The number of nitrogens with zero attached hydrogens (tertiary/aromatic N) is 3. The van der Waals surface area contributed by atoms with Gasteiger partial charge in [0.1, 0.15) is 17.3 Å². The first kappa shape index (κ1) is 47.4. The number of piperazine rings is 1. The van der Waals surface area contributed by atoms with E-state index in [0.29, 0.717) is 36.3 Å². The molecular weight excluding hydrogens is 840 g/mol. The summed E-state index contributed by atoms with van der Waals surface area (Å²) in [6, 6.07) is 21.8. The molecule has 12 heteroatoms. The van der Waals surface area contributed by atoms with E-state index < -0.39 is 5.82 Å². The van der Waals surface area contributed by atoms with Crippen LogP contribution >= 0.6 is 23.2 Å². The lowest BCUT2D eigenvalue weighted by Crippen LogP contribution is -2.47. The van der Waals surface area contributed by atoms with Crippen molar-refractivity contribution in [3.05, 3.63) is 134 Å². The Bertz CT molecular complexity index is 2230. The molecule has 4 aromatic carbocycles. The number of benzene rings is 4. The third-order valence-electron chi connectivity index (χ3n) is 11.6. The van der Waals surface area contributed by atoms with Gasteiger partial charge >= 0.3 is 0 Å². The molecule has 4 aromatic rings. The highest BCUT2D eigenvalue weighted by Gasteiger charge is 2.20. The van der Waals surface area contributed by atoms with Gasteiger partial charge in [0.2, 0.25) is 0 Å². The number of rotatable bonds is 15. The smallest absolute Gasteiger partial charge is 0.160 e. The van der Waals surface area contributed by atoms with Crippen molar-refractivity contribution in [3.8, 4) is 11.5 Å². The standard InChI is InChI=1S/C25H27ClN2O3.C19H25NO2.C7H4ClFO/c26-24-4-3-5-25(23(24)18-29)28-13-11-27(12-14-28)10-1-2-15-31-22-9-7-19-6-8-21(30)16-20(19)17-22;21-18-8-6-16-7-9-19(15-17(16)14-18)22-13-5-4-12-20-10-2-1-3-11-20;8-6-2-1-3-7(9)5(6)4-10/h3-9,17-18H,1-2,10-16H2;6-9,15H,1-5,10-14H2;1-4H. The Morgan fingerprint density at radius 3 is 1.59 bits per heavy atom. The van der Waals surface area contributed by atoms with Gasteiger partial charge in [-0.1, -0.05) is 66.0 Å². The second-order valence-corrected chi connectivity index (χ2v) is 16.9. The minimum atomic E-state index is -0.581. The molecule has 4 aliphatic rings. The number of piperidine rings is 1. The summed E-state index contributed by atoms with van der Waals surface area (Å²) >= 11 is 11.6. The number of halogens is 3. The van der Waals surface area contributed by atoms with E-state index in [1.165, 1.54) is 63.5 Å². The highest BCUT2D eigenvalue weighted by Crippen LogP contribution is 2.28. The largest absolute Gasteiger partial charge is 0.494 e. The van der Waals surface area contributed by atoms with Gasteiger partial charge in [-0.05, 0) is 148 Å². The van der Waals surface area contributed by atoms with E-state index in [0.717, 1.165) is 104 Å². The molecule has 332 valence electrons. The van der Waals surface area contributed by atoms with Gasteiger partial charge in [-0.15, -0.1) is 0 Å². The molecule has 0 spiro atoms. The van der Waals surface area contributed by atoms with E-state index in [4.69, 9.17) is 32.7 Å². The molecule has 0 saturated carbocycles. The molecule has 0 unspecified atom stereocenters. The minimum absolute atomic E-state index is 0.0795. The number of ketones is 2. The van der Waals surface area contributed by atoms with Gasteiger partial charge in [0, 0.05) is 44.7 Å². The van der Waals surface area contributed by atoms with E-state index in [1.54, 1.807) is 18.2 Å². The SMILES string of the molecule is O=C1C=Cc2ccc(OCCCCN3CCCCC3)cc2C1.O=Cc1c(Cl)cccc1N1CCN(CCCCOc2ccc3c(c2)CC(=O)C=C3)CC1.O=Cc1c(F)cccc1Cl. The lowest BCUT2D eigenvalue weighted by molar-refractivity contribution is -0.114. The van der Waals surface area contributed by atoms with Crippen molar-refractivity contribution in [2.45, 2.75) is 57.8 Å². The van der Waals surface area contributed by atoms with Gasteiger partial charge < -0.3 is 19.3 Å². The van der Waals surface area contributed by atoms with E-state index >= 15 is 0 Å². The Hall–Kier alpha value is -5.13. The molecule has 0 atom stereocenters. The molecule has 0 N–H and O–H groups in total. The van der Waals surface area contributed by atoms with Gasteiger partial charge in [0.25, 0.3) is 0 Å². The first-order valence-electron chi connectivity index (χ1n) is 22.0. The fourth-order valence-electron chi connectivity index (χ4n) is 8.03. The second-order valence-electron chi connectivity index (χ2n) is 16.1. The quantitative estimate of drug-likeness (QED) is 0.0854. The molecule has 2 fully saturated rings. The number of aldehydes is 2. The zero-order valence-corrected chi connectivity index (χ0v) is 37.3. The zero-order chi connectivity index (χ0) is 44.4. The van der Waals surface area contributed by atoms with Crippen molar-refractivity contribution in [2.75, 3.05) is 70.5 Å². The molecular formula is C51H56Cl2FN3O6. The van der Waals surface area contributed by atoms with Gasteiger partial charge in [-0.3, -0.25) is 24.1 Å². The summed E-state index contributed by atoms with van der Waals surface area (Å²) in [6.07, 6.45) is 17.7. The topological polar surface area (TPSA) is 96.5 Å². The number of hydrogen-bond donors (Lipinski definition) is 0. The van der Waals surface area contributed by atoms with Crippen LogP contribution in [0.15, 0.2) is 84.9 Å². The number of carbonyl (C=O) groups excluding carboxylic acids is 4. The highest BCUT2D eigenvalue weighted by molar-refractivity contribution is 6.33. The number of unbranched alkanes of at least 4 members (excludes halogenated alkanes) is 2. The van der Waals surface area contributed by atoms with Crippen molar-refractivity contribution in [3.63, 3.8) is 0 Å². The summed E-state index contributed by atoms with van der Waals surface area (Å²) in [7, 11) is 0. The number of allylic oxidation sites excluding steroid dienone is 2. The molecule has 8 rings (SSSR count). The Morgan fingerprint density at radius 1 is 0.571 bits per heavy atom. The summed E-state index contributed by atoms with van der Waals surface area (Å²) in [5.74, 6) is 1.46. The number of carbonyl (C=O) groups is 4. The number of likely N-dealkylation sites (tertiary alicyclic amines) is 1. The maximum Gasteiger partial charge on any atom is 0.160 e. The maximum absolute atomic E-state index is 12.5. The zero-order valence-electron chi connectivity index (χ0n) is 35.8. The molecule has 2 heterocycles. The molecule has 9 nitrogen and oxygen atoms in total. The molecule has 2 saturated heterocycles. The third kappa shape index (κ3) is 14.4. The predicted octanol–water partition coefficient (Wildman–Crippen LogP) is 10.0. The van der Waals surface area contributed by atoms with Crippen molar-refractivity contribution in [2.24, 2.45) is 0 Å². The molecule has 0 bridgehead atoms. The van der Waals surface area contributed by atoms with Crippen molar-refractivity contribution in [1.29, 1.82) is 0 Å². The third-order valence-corrected chi connectivity index (χ3v) is 12.2. The summed E-state index contributed by atoms with van der Waals surface area (Å²) < 4.78 is 24.3. The van der Waals surface area contributed by atoms with E-state index in [1.807, 2.05) is 60.7 Å². The molecule has 0 amide bonds. The first-order chi connectivity index (χ1) is 30.7. The van der Waals surface area contributed by atoms with Crippen LogP contribution in [0.3, 0.4) is 0 Å². The monoisotopic (exact) mass is 895 g/mol. The highest BCUT2D eigenvalue weighted by atomic mass is 35.5. The Labute approximate surface area is 380 Å². The summed E-state index contributed by atoms with van der Waals surface area (Å²) in [5.41, 5.74) is 5.79. The molecule has 2 aliphatic heterocycles. The van der Waals surface area contributed by atoms with Crippen LogP contribution in [0.2, 0.25) is 10.0 Å².